The van der Waals surface area contributed by atoms with Crippen molar-refractivity contribution in [3.05, 3.63) is 69.3 Å². The maximum absolute atomic E-state index is 14.5. The summed E-state index contributed by atoms with van der Waals surface area (Å²) in [5.41, 5.74) is 0.618. The second-order valence-electron chi connectivity index (χ2n) is 10.9. The monoisotopic (exact) mass is 670 g/mol. The summed E-state index contributed by atoms with van der Waals surface area (Å²) in [4.78, 5) is 52.4. The molecule has 3 aromatic rings. The van der Waals surface area contributed by atoms with Crippen molar-refractivity contribution in [1.29, 1.82) is 0 Å². The molecule has 0 aliphatic carbocycles. The lowest BCUT2D eigenvalue weighted by atomic mass is 10.1. The van der Waals surface area contributed by atoms with Gasteiger partial charge in [-0.05, 0) is 70.6 Å². The van der Waals surface area contributed by atoms with Crippen LogP contribution < -0.4 is 10.9 Å². The third-order valence-corrected chi connectivity index (χ3v) is 6.54. The number of nitrogens with one attached hydrogen (secondary N) is 1. The zero-order chi connectivity index (χ0) is 34.3. The summed E-state index contributed by atoms with van der Waals surface area (Å²) in [6, 6.07) is 4.33. The zero-order valence-corrected chi connectivity index (χ0v) is 28.1. The van der Waals surface area contributed by atoms with Crippen molar-refractivity contribution < 1.29 is 27.8 Å². The molecule has 0 spiro atoms. The molecular formula is C30H41ClF2N6O5S. The molecule has 3 aromatic heterocycles. The fraction of sp³-hybridized carbons (Fsp3) is 0.433. The minimum atomic E-state index is -0.907. The molecule has 2 amide bonds. The standard InChI is InChI=1S/C24H25ClF2N4O3S.C3H7NO2.C3H9N/c1-15(2)11-20-23-17(18(26)13-28-20)12-16(31(23)35-27)14-30-21(25)9-8-19(24(30)34)29-22(33)7-5-3-4-6-10-32;1-4(2)3(5)6;1-4(2)3/h4,6,8-10,12-13,15H,3,5,7,11,14H2,1-2H3,(H,29,33);1-2H3,(H,5,6);1-3H3/b6-4+;;. The van der Waals surface area contributed by atoms with E-state index >= 15 is 0 Å². The van der Waals surface area contributed by atoms with Crippen LogP contribution in [0.5, 0.6) is 0 Å². The molecule has 0 fully saturated rings. The zero-order valence-electron chi connectivity index (χ0n) is 26.5. The smallest absolute Gasteiger partial charge is 0.406 e. The Morgan fingerprint density at radius 3 is 2.36 bits per heavy atom. The van der Waals surface area contributed by atoms with E-state index in [2.05, 4.69) is 10.3 Å². The van der Waals surface area contributed by atoms with Crippen LogP contribution in [0, 0.1) is 11.7 Å². The minimum absolute atomic E-state index is 0.0201. The number of hydrogen-bond acceptors (Lipinski definition) is 7. The predicted octanol–water partition coefficient (Wildman–Crippen LogP) is 5.89. The van der Waals surface area contributed by atoms with Crippen LogP contribution in [-0.2, 0) is 22.6 Å². The van der Waals surface area contributed by atoms with Crippen molar-refractivity contribution >= 4 is 58.8 Å². The van der Waals surface area contributed by atoms with Crippen molar-refractivity contribution in [1.82, 2.24) is 23.3 Å². The number of anilines is 1. The number of carboxylic acid groups (broad SMARTS) is 1. The Morgan fingerprint density at radius 2 is 1.82 bits per heavy atom. The van der Waals surface area contributed by atoms with Crippen molar-refractivity contribution in [2.45, 2.75) is 46.1 Å². The van der Waals surface area contributed by atoms with Gasteiger partial charge < -0.3 is 20.2 Å². The van der Waals surface area contributed by atoms with Gasteiger partial charge in [-0.2, -0.15) is 0 Å². The molecule has 15 heteroatoms. The van der Waals surface area contributed by atoms with E-state index in [1.807, 2.05) is 39.9 Å². The topological polar surface area (TPSA) is 130 Å². The lowest BCUT2D eigenvalue weighted by Gasteiger charge is -2.13. The second kappa shape index (κ2) is 19.6. The average Bonchev–Trinajstić information content (AvgIpc) is 3.33. The van der Waals surface area contributed by atoms with Gasteiger partial charge in [-0.15, -0.1) is 3.89 Å². The molecular weight excluding hydrogens is 630 g/mol. The van der Waals surface area contributed by atoms with Gasteiger partial charge in [-0.1, -0.05) is 31.5 Å². The SMILES string of the molecule is CC(C)Cc1ncc(F)c2cc(Cn3c(Cl)ccc(NC(=O)CCC/C=C/C=O)c3=O)n(SF)c12.CN(C)C.CN(C)C(=O)O. The molecule has 2 N–H and O–H groups in total. The van der Waals surface area contributed by atoms with Crippen LogP contribution in [0.15, 0.2) is 41.3 Å². The molecule has 0 aliphatic rings. The summed E-state index contributed by atoms with van der Waals surface area (Å²) in [5.74, 6) is -0.745. The van der Waals surface area contributed by atoms with Crippen LogP contribution in [0.25, 0.3) is 10.9 Å². The van der Waals surface area contributed by atoms with E-state index < -0.39 is 17.5 Å². The molecule has 0 aromatic carbocycles. The van der Waals surface area contributed by atoms with Gasteiger partial charge in [0.15, 0.2) is 18.2 Å². The Kier molecular flexibility index (Phi) is 17.1. The molecule has 0 atom stereocenters. The molecule has 3 heterocycles. The molecule has 248 valence electrons. The van der Waals surface area contributed by atoms with Gasteiger partial charge in [0.05, 0.1) is 29.6 Å². The first-order chi connectivity index (χ1) is 21.1. The number of carbonyl (C=O) groups is 3. The third-order valence-electron chi connectivity index (χ3n) is 5.65. The number of carbonyl (C=O) groups excluding carboxylic acids is 2. The molecule has 0 radical (unpaired) electrons. The lowest BCUT2D eigenvalue weighted by Crippen LogP contribution is -2.27. The molecule has 3 rings (SSSR count). The maximum Gasteiger partial charge on any atom is 0.406 e. The number of pyridine rings is 2. The number of aromatic nitrogens is 3. The predicted molar refractivity (Wildman–Crippen MR) is 176 cm³/mol. The van der Waals surface area contributed by atoms with Crippen LogP contribution in [0.4, 0.5) is 18.8 Å². The summed E-state index contributed by atoms with van der Waals surface area (Å²) < 4.78 is 31.0. The number of allylic oxidation sites excluding steroid dienone is 2. The Balaban J connectivity index is 0.000000878. The lowest BCUT2D eigenvalue weighted by molar-refractivity contribution is -0.116. The summed E-state index contributed by atoms with van der Waals surface area (Å²) in [6.45, 7) is 3.81. The molecule has 0 unspecified atom stereocenters. The van der Waals surface area contributed by atoms with E-state index in [-0.39, 0.29) is 53.4 Å². The number of fused-ring (bicyclic) bond motifs is 1. The van der Waals surface area contributed by atoms with Crippen molar-refractivity contribution in [3.63, 3.8) is 0 Å². The van der Waals surface area contributed by atoms with Gasteiger partial charge in [0.2, 0.25) is 5.91 Å². The van der Waals surface area contributed by atoms with E-state index in [4.69, 9.17) is 16.7 Å². The first kappa shape index (κ1) is 39.3. The summed E-state index contributed by atoms with van der Waals surface area (Å²) >= 11 is 6.16. The fourth-order valence-electron chi connectivity index (χ4n) is 3.70. The molecule has 0 bridgehead atoms. The minimum Gasteiger partial charge on any atom is -0.465 e. The number of nitrogens with zero attached hydrogens (tertiary/aromatic N) is 5. The van der Waals surface area contributed by atoms with Gasteiger partial charge in [0, 0.05) is 25.9 Å². The Hall–Kier alpha value is -3.75. The largest absolute Gasteiger partial charge is 0.465 e. The summed E-state index contributed by atoms with van der Waals surface area (Å²) in [6.07, 6.45) is 5.61. The van der Waals surface area contributed by atoms with Crippen molar-refractivity contribution in [2.75, 3.05) is 40.6 Å². The number of unbranched alkanes of at least 4 members (excludes halogenated alkanes) is 1. The van der Waals surface area contributed by atoms with Gasteiger partial charge in [0.25, 0.3) is 5.56 Å². The first-order valence-corrected chi connectivity index (χ1v) is 15.0. The number of rotatable bonds is 11. The highest BCUT2D eigenvalue weighted by molar-refractivity contribution is 7.93. The van der Waals surface area contributed by atoms with Gasteiger partial charge >= 0.3 is 6.09 Å². The summed E-state index contributed by atoms with van der Waals surface area (Å²) in [7, 11) is 8.95. The van der Waals surface area contributed by atoms with E-state index in [9.17, 15) is 27.5 Å². The van der Waals surface area contributed by atoms with Crippen LogP contribution in [0.2, 0.25) is 5.15 Å². The molecule has 11 nitrogen and oxygen atoms in total. The fourth-order valence-corrected chi connectivity index (χ4v) is 4.37. The van der Waals surface area contributed by atoms with E-state index in [0.717, 1.165) is 11.1 Å². The molecule has 0 aliphatic heterocycles. The Labute approximate surface area is 271 Å². The Bertz CT molecular complexity index is 1520. The van der Waals surface area contributed by atoms with Gasteiger partial charge in [-0.3, -0.25) is 27.9 Å². The number of hydrogen-bond donors (Lipinski definition) is 2. The van der Waals surface area contributed by atoms with Gasteiger partial charge in [-0.25, -0.2) is 9.18 Å². The van der Waals surface area contributed by atoms with Crippen molar-refractivity contribution in [2.24, 2.45) is 5.92 Å². The van der Waals surface area contributed by atoms with Crippen LogP contribution in [0.1, 0.15) is 44.5 Å². The number of aldehydes is 1. The normalized spacial score (nSPS) is 10.8. The second-order valence-corrected chi connectivity index (χ2v) is 11.8. The number of amides is 2. The number of halogens is 3. The molecule has 0 saturated heterocycles. The quantitative estimate of drug-likeness (QED) is 0.112. The highest BCUT2D eigenvalue weighted by Gasteiger charge is 2.20. The van der Waals surface area contributed by atoms with Crippen molar-refractivity contribution in [3.8, 4) is 0 Å². The third kappa shape index (κ3) is 13.0. The van der Waals surface area contributed by atoms with E-state index in [1.165, 1.54) is 46.9 Å². The van der Waals surface area contributed by atoms with E-state index in [0.29, 0.717) is 42.5 Å². The summed E-state index contributed by atoms with van der Waals surface area (Å²) in [5, 5.41) is 10.8. The maximum atomic E-state index is 14.5. The highest BCUT2D eigenvalue weighted by Crippen LogP contribution is 2.31. The first-order valence-electron chi connectivity index (χ1n) is 13.9. The average molecular weight is 671 g/mol. The highest BCUT2D eigenvalue weighted by atomic mass is 35.5. The van der Waals surface area contributed by atoms with Crippen LogP contribution in [0.3, 0.4) is 0 Å². The Morgan fingerprint density at radius 1 is 1.20 bits per heavy atom. The van der Waals surface area contributed by atoms with Crippen LogP contribution in [-0.4, -0.2) is 82.0 Å². The van der Waals surface area contributed by atoms with E-state index in [1.54, 1.807) is 6.08 Å². The van der Waals surface area contributed by atoms with Crippen LogP contribution >= 0.6 is 23.9 Å². The molecule has 0 saturated carbocycles. The van der Waals surface area contributed by atoms with Gasteiger partial charge in [0.1, 0.15) is 17.1 Å². The molecule has 45 heavy (non-hydrogen) atoms.